The van der Waals surface area contributed by atoms with E-state index in [9.17, 15) is 28.9 Å². The van der Waals surface area contributed by atoms with E-state index in [1.54, 1.807) is 19.9 Å². The van der Waals surface area contributed by atoms with Crippen LogP contribution in [0.5, 0.6) is 0 Å². The fraction of sp³-hybridized carbons (Fsp3) is 0.367. The molecule has 2 aromatic rings. The Kier molecular flexibility index (Phi) is 11.0. The summed E-state index contributed by atoms with van der Waals surface area (Å²) in [6.45, 7) is 5.16. The number of non-ortho nitro benzene ring substituents is 1. The number of methoxy groups -OCH3 is 1. The number of hydrogen-bond donors (Lipinski definition) is 1. The number of likely N-dealkylation sites (tertiary alicyclic amines) is 1. The lowest BCUT2D eigenvalue weighted by atomic mass is 9.80. The normalized spacial score (nSPS) is 17.7. The molecule has 12 heteroatoms. The quantitative estimate of drug-likeness (QED) is 0.188. The van der Waals surface area contributed by atoms with Crippen LogP contribution in [0.4, 0.5) is 10.1 Å². The number of Topliss-reactive ketones (excluding diaryl/α,β-unsaturated/α-hetero) is 1. The van der Waals surface area contributed by atoms with Crippen LogP contribution in [-0.4, -0.2) is 60.9 Å². The molecule has 2 aromatic carbocycles. The smallest absolute Gasteiger partial charge is 0.336 e. The second-order valence-corrected chi connectivity index (χ2v) is 10.1. The zero-order valence-electron chi connectivity index (χ0n) is 23.6. The molecule has 1 atom stereocenters. The fourth-order valence-electron chi connectivity index (χ4n) is 5.41. The highest BCUT2D eigenvalue weighted by molar-refractivity contribution is 6.00. The molecule has 0 aliphatic carbocycles. The predicted molar refractivity (Wildman–Crippen MR) is 154 cm³/mol. The van der Waals surface area contributed by atoms with E-state index in [1.165, 1.54) is 49.6 Å². The molecule has 2 aliphatic rings. The van der Waals surface area contributed by atoms with Gasteiger partial charge in [-0.1, -0.05) is 12.1 Å². The van der Waals surface area contributed by atoms with E-state index in [0.29, 0.717) is 55.0 Å². The highest BCUT2D eigenvalue weighted by Crippen LogP contribution is 2.40. The Hall–Kier alpha value is -4.09. The summed E-state index contributed by atoms with van der Waals surface area (Å²) >= 11 is 0. The molecule has 1 saturated heterocycles. The second kappa shape index (κ2) is 14.2. The number of halogens is 2. The lowest BCUT2D eigenvalue weighted by Crippen LogP contribution is -2.39. The van der Waals surface area contributed by atoms with Crippen LogP contribution in [0.3, 0.4) is 0 Å². The van der Waals surface area contributed by atoms with Gasteiger partial charge >= 0.3 is 11.9 Å². The molecular formula is C30H33ClFN3O7. The maximum Gasteiger partial charge on any atom is 0.336 e. The molecule has 2 heterocycles. The van der Waals surface area contributed by atoms with E-state index in [2.05, 4.69) is 10.2 Å². The van der Waals surface area contributed by atoms with Crippen LogP contribution in [0.2, 0.25) is 0 Å². The van der Waals surface area contributed by atoms with Crippen molar-refractivity contribution in [3.05, 3.63) is 98.1 Å². The van der Waals surface area contributed by atoms with E-state index in [1.807, 2.05) is 0 Å². The van der Waals surface area contributed by atoms with Crippen LogP contribution in [-0.2, 0) is 19.1 Å². The van der Waals surface area contributed by atoms with Gasteiger partial charge in [-0.3, -0.25) is 19.8 Å². The number of nitro benzene ring substituents is 1. The molecule has 0 spiro atoms. The monoisotopic (exact) mass is 601 g/mol. The summed E-state index contributed by atoms with van der Waals surface area (Å²) in [5.41, 5.74) is 1.99. The standard InChI is InChI=1S/C30H32FN3O7.ClH/c1-18-25(29(36)40-3)27(22-5-4-6-24(17-22)34(38)39)26(19(2)32-18)30(37)41-16-15-33-13-11-21(12-14-33)28(35)20-7-9-23(31)10-8-20;/h4-10,17,21,27,32H,11-16H2,1-3H3;1H. The van der Waals surface area contributed by atoms with Crippen molar-refractivity contribution >= 4 is 35.8 Å². The number of ketones is 1. The van der Waals surface area contributed by atoms with Gasteiger partial charge in [-0.15, -0.1) is 12.4 Å². The minimum atomic E-state index is -0.927. The average Bonchev–Trinajstić information content (AvgIpc) is 2.96. The highest BCUT2D eigenvalue weighted by atomic mass is 35.5. The first-order chi connectivity index (χ1) is 19.6. The van der Waals surface area contributed by atoms with Crippen LogP contribution in [0.15, 0.2) is 71.1 Å². The Morgan fingerprint density at radius 3 is 2.24 bits per heavy atom. The number of esters is 2. The summed E-state index contributed by atoms with van der Waals surface area (Å²) in [5, 5.41) is 14.5. The van der Waals surface area contributed by atoms with Crippen molar-refractivity contribution in [1.82, 2.24) is 10.2 Å². The summed E-state index contributed by atoms with van der Waals surface area (Å²) in [4.78, 5) is 52.0. The minimum Gasteiger partial charge on any atom is -0.466 e. The number of ether oxygens (including phenoxy) is 2. The number of rotatable bonds is 9. The van der Waals surface area contributed by atoms with E-state index in [4.69, 9.17) is 9.47 Å². The topological polar surface area (TPSA) is 128 Å². The minimum absolute atomic E-state index is 0. The van der Waals surface area contributed by atoms with Crippen LogP contribution in [0.1, 0.15) is 48.5 Å². The summed E-state index contributed by atoms with van der Waals surface area (Å²) in [6.07, 6.45) is 1.28. The number of allylic oxidation sites excluding steroid dienone is 2. The van der Waals surface area contributed by atoms with Gasteiger partial charge in [0.1, 0.15) is 12.4 Å². The maximum atomic E-state index is 13.4. The van der Waals surface area contributed by atoms with Crippen molar-refractivity contribution in [3.63, 3.8) is 0 Å². The first-order valence-electron chi connectivity index (χ1n) is 13.3. The molecular weight excluding hydrogens is 569 g/mol. The van der Waals surface area contributed by atoms with Gasteiger partial charge in [-0.05, 0) is 69.6 Å². The van der Waals surface area contributed by atoms with Crippen LogP contribution >= 0.6 is 12.4 Å². The summed E-state index contributed by atoms with van der Waals surface area (Å²) in [5.74, 6) is -2.78. The van der Waals surface area contributed by atoms with E-state index >= 15 is 0 Å². The van der Waals surface area contributed by atoms with Gasteiger partial charge in [0.2, 0.25) is 0 Å². The number of nitrogens with one attached hydrogen (secondary N) is 1. The van der Waals surface area contributed by atoms with E-state index in [-0.39, 0.29) is 53.4 Å². The fourth-order valence-corrected chi connectivity index (χ4v) is 5.41. The van der Waals surface area contributed by atoms with Gasteiger partial charge in [0.05, 0.1) is 29.1 Å². The van der Waals surface area contributed by atoms with Crippen LogP contribution in [0.25, 0.3) is 0 Å². The van der Waals surface area contributed by atoms with Crippen LogP contribution < -0.4 is 5.32 Å². The van der Waals surface area contributed by atoms with Gasteiger partial charge in [-0.25, -0.2) is 14.0 Å². The Morgan fingerprint density at radius 2 is 1.64 bits per heavy atom. The molecule has 1 fully saturated rings. The molecule has 0 amide bonds. The van der Waals surface area contributed by atoms with Gasteiger partial charge in [0, 0.05) is 41.6 Å². The number of dihydropyridines is 1. The zero-order valence-corrected chi connectivity index (χ0v) is 24.4. The SMILES string of the molecule is COC(=O)C1=C(C)NC(C)=C(C(=O)OCCN2CCC(C(=O)c3ccc(F)cc3)CC2)C1c1cccc([N+](=O)[O-])c1.Cl. The first kappa shape index (κ1) is 32.4. The van der Waals surface area contributed by atoms with Gasteiger partial charge in [0.25, 0.3) is 5.69 Å². The zero-order chi connectivity index (χ0) is 29.7. The van der Waals surface area contributed by atoms with Gasteiger partial charge in [-0.2, -0.15) is 0 Å². The van der Waals surface area contributed by atoms with Crippen molar-refractivity contribution < 1.29 is 33.2 Å². The number of hydrogen-bond acceptors (Lipinski definition) is 9. The summed E-state index contributed by atoms with van der Waals surface area (Å²) in [7, 11) is 1.23. The largest absolute Gasteiger partial charge is 0.466 e. The lowest BCUT2D eigenvalue weighted by molar-refractivity contribution is -0.384. The van der Waals surface area contributed by atoms with E-state index in [0.717, 1.165) is 0 Å². The molecule has 2 aliphatic heterocycles. The Morgan fingerprint density at radius 1 is 1.02 bits per heavy atom. The molecule has 224 valence electrons. The van der Waals surface area contributed by atoms with Crippen molar-refractivity contribution in [2.24, 2.45) is 5.92 Å². The number of benzene rings is 2. The molecule has 4 rings (SSSR count). The number of carbonyl (C=O) groups is 3. The number of piperidine rings is 1. The second-order valence-electron chi connectivity index (χ2n) is 10.1. The summed E-state index contributed by atoms with van der Waals surface area (Å²) < 4.78 is 23.8. The first-order valence-corrected chi connectivity index (χ1v) is 13.3. The molecule has 10 nitrogen and oxygen atoms in total. The third kappa shape index (κ3) is 7.21. The predicted octanol–water partition coefficient (Wildman–Crippen LogP) is 4.70. The van der Waals surface area contributed by atoms with Gasteiger partial charge in [0.15, 0.2) is 5.78 Å². The van der Waals surface area contributed by atoms with E-state index < -0.39 is 22.8 Å². The third-order valence-electron chi connectivity index (χ3n) is 7.53. The molecule has 1 N–H and O–H groups in total. The Bertz CT molecular complexity index is 1420. The Balaban J connectivity index is 0.00000484. The number of nitro groups is 1. The van der Waals surface area contributed by atoms with Crippen LogP contribution in [0, 0.1) is 21.8 Å². The molecule has 0 bridgehead atoms. The average molecular weight is 602 g/mol. The third-order valence-corrected chi connectivity index (χ3v) is 7.53. The molecule has 0 aromatic heterocycles. The molecule has 0 radical (unpaired) electrons. The van der Waals surface area contributed by atoms with Crippen molar-refractivity contribution in [2.75, 3.05) is 33.4 Å². The molecule has 0 saturated carbocycles. The lowest BCUT2D eigenvalue weighted by Gasteiger charge is -2.32. The maximum absolute atomic E-state index is 13.4. The Labute approximate surface area is 249 Å². The molecule has 1 unspecified atom stereocenters. The molecule has 42 heavy (non-hydrogen) atoms. The highest BCUT2D eigenvalue weighted by Gasteiger charge is 2.38. The van der Waals surface area contributed by atoms with Crippen molar-refractivity contribution in [3.8, 4) is 0 Å². The van der Waals surface area contributed by atoms with Crippen molar-refractivity contribution in [2.45, 2.75) is 32.6 Å². The summed E-state index contributed by atoms with van der Waals surface area (Å²) in [6, 6.07) is 11.4. The van der Waals surface area contributed by atoms with Crippen molar-refractivity contribution in [1.29, 1.82) is 0 Å². The number of carbonyl (C=O) groups excluding carboxylic acids is 3. The number of nitrogens with zero attached hydrogens (tertiary/aromatic N) is 2. The van der Waals surface area contributed by atoms with Gasteiger partial charge < -0.3 is 14.8 Å².